The Morgan fingerprint density at radius 1 is 1.27 bits per heavy atom. The monoisotopic (exact) mass is 467 g/mol. The molecule has 0 spiro atoms. The van der Waals surface area contributed by atoms with Crippen molar-refractivity contribution in [2.24, 2.45) is 0 Å². The molecule has 33 heavy (non-hydrogen) atoms. The van der Waals surface area contributed by atoms with Crippen LogP contribution < -0.4 is 14.8 Å². The largest absolute Gasteiger partial charge is 0.493 e. The van der Waals surface area contributed by atoms with E-state index >= 15 is 0 Å². The molecule has 0 unspecified atom stereocenters. The number of nitro groups is 1. The summed E-state index contributed by atoms with van der Waals surface area (Å²) in [6.07, 6.45) is 3.55. The highest BCUT2D eigenvalue weighted by molar-refractivity contribution is 7.80. The van der Waals surface area contributed by atoms with Crippen LogP contribution in [0.3, 0.4) is 0 Å². The van der Waals surface area contributed by atoms with Gasteiger partial charge in [-0.2, -0.15) is 0 Å². The molecule has 10 heteroatoms. The summed E-state index contributed by atoms with van der Waals surface area (Å²) in [5.74, 6) is -0.291. The number of methoxy groups -OCH3 is 1. The van der Waals surface area contributed by atoms with Gasteiger partial charge in [-0.15, -0.1) is 6.58 Å². The highest BCUT2D eigenvalue weighted by atomic mass is 32.1. The minimum Gasteiger partial charge on any atom is -0.493 e. The molecule has 1 heterocycles. The lowest BCUT2D eigenvalue weighted by Crippen LogP contribution is -2.52. The lowest BCUT2D eigenvalue weighted by atomic mass is 10.0. The Morgan fingerprint density at radius 3 is 2.70 bits per heavy atom. The van der Waals surface area contributed by atoms with Crippen LogP contribution in [0.5, 0.6) is 11.5 Å². The lowest BCUT2D eigenvalue weighted by molar-refractivity contribution is -0.384. The van der Waals surface area contributed by atoms with Crippen LogP contribution in [-0.2, 0) is 22.6 Å². The number of benzene rings is 2. The van der Waals surface area contributed by atoms with Gasteiger partial charge in [0.25, 0.3) is 17.5 Å². The lowest BCUT2D eigenvalue weighted by Gasteiger charge is -2.25. The number of rotatable bonds is 8. The standard InChI is InChI=1S/C23H21N3O6S/c1-4-6-16-9-15(11-18-21(27)24-23(33)25(2)22(18)28)12-19(31-3)20(16)32-13-14-7-5-8-17(10-14)26(29)30/h4-5,7-12H,1,6,13H2,2-3H3,(H,24,27,33)/b18-11+. The number of hydrogen-bond acceptors (Lipinski definition) is 7. The first-order valence-corrected chi connectivity index (χ1v) is 10.2. The van der Waals surface area contributed by atoms with Crippen molar-refractivity contribution < 1.29 is 24.0 Å². The van der Waals surface area contributed by atoms with Crippen molar-refractivity contribution in [3.05, 3.63) is 81.4 Å². The summed E-state index contributed by atoms with van der Waals surface area (Å²) in [5, 5.41) is 13.5. The number of nitro benzene ring substituents is 1. The van der Waals surface area contributed by atoms with Crippen LogP contribution in [-0.4, -0.2) is 40.9 Å². The molecule has 0 aliphatic carbocycles. The van der Waals surface area contributed by atoms with Crippen LogP contribution in [0.25, 0.3) is 6.08 Å². The summed E-state index contributed by atoms with van der Waals surface area (Å²) in [6.45, 7) is 3.84. The Bertz CT molecular complexity index is 1190. The zero-order chi connectivity index (χ0) is 24.1. The minimum atomic E-state index is -0.585. The molecule has 0 atom stereocenters. The first-order valence-electron chi connectivity index (χ1n) is 9.78. The number of hydrogen-bond donors (Lipinski definition) is 1. The van der Waals surface area contributed by atoms with Crippen molar-refractivity contribution >= 4 is 40.9 Å². The summed E-state index contributed by atoms with van der Waals surface area (Å²) in [6, 6.07) is 9.54. The fourth-order valence-electron chi connectivity index (χ4n) is 3.22. The Hall–Kier alpha value is -4.05. The molecule has 2 amide bonds. The van der Waals surface area contributed by atoms with Crippen molar-refractivity contribution in [2.45, 2.75) is 13.0 Å². The maximum absolute atomic E-state index is 12.5. The van der Waals surface area contributed by atoms with Gasteiger partial charge in [-0.1, -0.05) is 18.2 Å². The van der Waals surface area contributed by atoms with Gasteiger partial charge in [0.1, 0.15) is 12.2 Å². The van der Waals surface area contributed by atoms with E-state index in [0.717, 1.165) is 0 Å². The van der Waals surface area contributed by atoms with Gasteiger partial charge >= 0.3 is 0 Å². The number of nitrogens with zero attached hydrogens (tertiary/aromatic N) is 2. The van der Waals surface area contributed by atoms with Crippen LogP contribution in [0.1, 0.15) is 16.7 Å². The molecule has 0 saturated carbocycles. The second-order valence-corrected chi connectivity index (χ2v) is 7.49. The van der Waals surface area contributed by atoms with Gasteiger partial charge in [0, 0.05) is 24.7 Å². The average Bonchev–Trinajstić information content (AvgIpc) is 2.79. The van der Waals surface area contributed by atoms with Gasteiger partial charge in [0.15, 0.2) is 16.6 Å². The fourth-order valence-corrected chi connectivity index (χ4v) is 3.39. The van der Waals surface area contributed by atoms with Crippen LogP contribution in [0.4, 0.5) is 5.69 Å². The minimum absolute atomic E-state index is 0.0313. The molecule has 0 radical (unpaired) electrons. The van der Waals surface area contributed by atoms with E-state index in [1.165, 1.54) is 37.3 Å². The van der Waals surface area contributed by atoms with E-state index in [9.17, 15) is 19.7 Å². The smallest absolute Gasteiger partial charge is 0.269 e. The van der Waals surface area contributed by atoms with Crippen LogP contribution in [0, 0.1) is 10.1 Å². The number of carbonyl (C=O) groups excluding carboxylic acids is 2. The molecular formula is C23H21N3O6S. The molecule has 0 bridgehead atoms. The van der Waals surface area contributed by atoms with Crippen molar-refractivity contribution in [3.8, 4) is 11.5 Å². The number of carbonyl (C=O) groups is 2. The third kappa shape index (κ3) is 5.24. The van der Waals surface area contributed by atoms with Crippen molar-refractivity contribution in [1.29, 1.82) is 0 Å². The highest BCUT2D eigenvalue weighted by Crippen LogP contribution is 2.35. The average molecular weight is 468 g/mol. The molecule has 170 valence electrons. The molecular weight excluding hydrogens is 446 g/mol. The number of allylic oxidation sites excluding steroid dienone is 1. The molecule has 9 nitrogen and oxygen atoms in total. The van der Waals surface area contributed by atoms with E-state index in [0.29, 0.717) is 34.6 Å². The Kier molecular flexibility index (Phi) is 7.19. The molecule has 2 aromatic rings. The van der Waals surface area contributed by atoms with E-state index in [4.69, 9.17) is 21.7 Å². The van der Waals surface area contributed by atoms with Gasteiger partial charge in [-0.3, -0.25) is 29.9 Å². The summed E-state index contributed by atoms with van der Waals surface area (Å²) in [7, 11) is 2.95. The molecule has 1 aliphatic heterocycles. The molecule has 1 saturated heterocycles. The van der Waals surface area contributed by atoms with Crippen LogP contribution >= 0.6 is 12.2 Å². The molecule has 1 fully saturated rings. The number of likely N-dealkylation sites (N-methyl/N-ethyl adjacent to an activating group) is 1. The zero-order valence-corrected chi connectivity index (χ0v) is 18.8. The molecule has 1 aliphatic rings. The number of non-ortho nitro benzene ring substituents is 1. The molecule has 0 aromatic heterocycles. The van der Waals surface area contributed by atoms with Gasteiger partial charge in [-0.05, 0) is 48.0 Å². The number of ether oxygens (including phenoxy) is 2. The van der Waals surface area contributed by atoms with Gasteiger partial charge in [-0.25, -0.2) is 0 Å². The van der Waals surface area contributed by atoms with Crippen LogP contribution in [0.15, 0.2) is 54.6 Å². The van der Waals surface area contributed by atoms with Crippen molar-refractivity contribution in [1.82, 2.24) is 10.2 Å². The van der Waals surface area contributed by atoms with Crippen molar-refractivity contribution in [3.63, 3.8) is 0 Å². The second kappa shape index (κ2) is 10.0. The summed E-state index contributed by atoms with van der Waals surface area (Å²) in [5.41, 5.74) is 1.77. The first kappa shape index (κ1) is 23.6. The van der Waals surface area contributed by atoms with Gasteiger partial charge < -0.3 is 9.47 Å². The summed E-state index contributed by atoms with van der Waals surface area (Å²) < 4.78 is 11.5. The second-order valence-electron chi connectivity index (χ2n) is 7.10. The predicted molar refractivity (Wildman–Crippen MR) is 126 cm³/mol. The quantitative estimate of drug-likeness (QED) is 0.159. The zero-order valence-electron chi connectivity index (χ0n) is 18.0. The highest BCUT2D eigenvalue weighted by Gasteiger charge is 2.31. The van der Waals surface area contributed by atoms with Gasteiger partial charge in [0.2, 0.25) is 0 Å². The normalized spacial score (nSPS) is 14.8. The molecule has 3 rings (SSSR count). The Labute approximate surface area is 195 Å². The van der Waals surface area contributed by atoms with E-state index in [-0.39, 0.29) is 23.0 Å². The van der Waals surface area contributed by atoms with E-state index in [2.05, 4.69) is 11.9 Å². The third-order valence-corrected chi connectivity index (χ3v) is 5.23. The number of amides is 2. The summed E-state index contributed by atoms with van der Waals surface area (Å²) in [4.78, 5) is 36.5. The van der Waals surface area contributed by atoms with E-state index in [1.807, 2.05) is 0 Å². The van der Waals surface area contributed by atoms with Gasteiger partial charge in [0.05, 0.1) is 12.0 Å². The van der Waals surface area contributed by atoms with E-state index < -0.39 is 16.7 Å². The maximum atomic E-state index is 12.5. The number of nitrogens with one attached hydrogen (secondary N) is 1. The third-order valence-electron chi connectivity index (χ3n) is 4.86. The van der Waals surface area contributed by atoms with E-state index in [1.54, 1.807) is 30.3 Å². The predicted octanol–water partition coefficient (Wildman–Crippen LogP) is 3.17. The topological polar surface area (TPSA) is 111 Å². The summed E-state index contributed by atoms with van der Waals surface area (Å²) >= 11 is 4.96. The fraction of sp³-hybridized carbons (Fsp3) is 0.174. The first-order chi connectivity index (χ1) is 15.7. The molecule has 2 aromatic carbocycles. The number of thiocarbonyl (C=S) groups is 1. The Morgan fingerprint density at radius 2 is 2.03 bits per heavy atom. The Balaban J connectivity index is 1.96. The maximum Gasteiger partial charge on any atom is 0.269 e. The molecule has 1 N–H and O–H groups in total. The van der Waals surface area contributed by atoms with Crippen molar-refractivity contribution in [2.75, 3.05) is 14.2 Å². The SMILES string of the molecule is C=CCc1cc(/C=C2\C(=O)NC(=S)N(C)C2=O)cc(OC)c1OCc1cccc([N+](=O)[O-])c1. The van der Waals surface area contributed by atoms with Crippen LogP contribution in [0.2, 0.25) is 0 Å².